The molecule has 0 bridgehead atoms. The van der Waals surface area contributed by atoms with Crippen LogP contribution in [0.25, 0.3) is 33.8 Å². The fourth-order valence-electron chi connectivity index (χ4n) is 3.36. The predicted molar refractivity (Wildman–Crippen MR) is 114 cm³/mol. The third-order valence-electron chi connectivity index (χ3n) is 4.82. The van der Waals surface area contributed by atoms with Crippen molar-refractivity contribution in [1.29, 1.82) is 0 Å². The van der Waals surface area contributed by atoms with Gasteiger partial charge in [-0.15, -0.1) is 0 Å². The molecule has 0 saturated heterocycles. The Bertz CT molecular complexity index is 1480. The molecule has 0 aliphatic carbocycles. The molecule has 0 radical (unpaired) electrons. The second-order valence-electron chi connectivity index (χ2n) is 6.85. The maximum atomic E-state index is 14.1. The second-order valence-corrected chi connectivity index (χ2v) is 6.85. The van der Waals surface area contributed by atoms with E-state index in [1.165, 1.54) is 12.3 Å². The highest BCUT2D eigenvalue weighted by molar-refractivity contribution is 6.08. The number of carbonyl (C=O) groups excluding carboxylic acids is 1. The minimum Gasteiger partial charge on any atom is -0.436 e. The molecule has 0 unspecified atom stereocenters. The summed E-state index contributed by atoms with van der Waals surface area (Å²) in [6.45, 7) is 0. The summed E-state index contributed by atoms with van der Waals surface area (Å²) >= 11 is 0. The van der Waals surface area contributed by atoms with E-state index in [9.17, 15) is 14.0 Å². The summed E-state index contributed by atoms with van der Waals surface area (Å²) in [7, 11) is 0. The van der Waals surface area contributed by atoms with Crippen LogP contribution in [0.3, 0.4) is 0 Å². The Morgan fingerprint density at radius 1 is 0.935 bits per heavy atom. The first kappa shape index (κ1) is 18.6. The van der Waals surface area contributed by atoms with Crippen LogP contribution in [0.1, 0.15) is 10.4 Å². The number of imidazole rings is 1. The van der Waals surface area contributed by atoms with Crippen LogP contribution in [0.4, 0.5) is 10.1 Å². The highest BCUT2D eigenvalue weighted by atomic mass is 19.1. The molecule has 152 valence electrons. The van der Waals surface area contributed by atoms with Crippen molar-refractivity contribution >= 4 is 22.6 Å². The summed E-state index contributed by atoms with van der Waals surface area (Å²) in [4.78, 5) is 33.9. The van der Waals surface area contributed by atoms with Gasteiger partial charge in [-0.25, -0.2) is 14.2 Å². The summed E-state index contributed by atoms with van der Waals surface area (Å²) in [5, 5.41) is 2.81. The summed E-state index contributed by atoms with van der Waals surface area (Å²) in [5.74, 6) is -0.326. The van der Waals surface area contributed by atoms with E-state index in [0.29, 0.717) is 27.8 Å². The van der Waals surface area contributed by atoms with E-state index in [1.807, 2.05) is 0 Å². The number of hydrogen-bond donors (Lipinski definition) is 3. The average molecular weight is 414 g/mol. The van der Waals surface area contributed by atoms with Crippen LogP contribution in [0, 0.1) is 5.82 Å². The third kappa shape index (κ3) is 3.51. The topological polar surface area (TPSA) is 104 Å². The molecule has 8 heteroatoms. The van der Waals surface area contributed by atoms with Gasteiger partial charge in [0.1, 0.15) is 5.82 Å². The molecule has 0 fully saturated rings. The SMILES string of the molecule is O=C(Nc1ccc2[nH]c(=O)[nH]c2c1)c1ccccc1-c1ncc(-c2ccccc2F)o1. The van der Waals surface area contributed by atoms with Crippen molar-refractivity contribution < 1.29 is 13.6 Å². The minimum atomic E-state index is -0.422. The number of aromatic amines is 2. The Morgan fingerprint density at radius 2 is 1.68 bits per heavy atom. The Labute approximate surface area is 174 Å². The molecule has 0 atom stereocenters. The predicted octanol–water partition coefficient (Wildman–Crippen LogP) is 4.57. The van der Waals surface area contributed by atoms with Crippen molar-refractivity contribution in [1.82, 2.24) is 15.0 Å². The number of hydrogen-bond acceptors (Lipinski definition) is 4. The molecule has 1 amide bonds. The molecule has 31 heavy (non-hydrogen) atoms. The Balaban J connectivity index is 1.47. The molecule has 2 heterocycles. The Hall–Kier alpha value is -4.46. The minimum absolute atomic E-state index is 0.203. The lowest BCUT2D eigenvalue weighted by Crippen LogP contribution is -2.13. The monoisotopic (exact) mass is 414 g/mol. The maximum absolute atomic E-state index is 14.1. The van der Waals surface area contributed by atoms with Gasteiger partial charge < -0.3 is 19.7 Å². The number of aromatic nitrogens is 3. The van der Waals surface area contributed by atoms with Gasteiger partial charge in [0.25, 0.3) is 5.91 Å². The molecular formula is C23H15FN4O3. The van der Waals surface area contributed by atoms with E-state index in [1.54, 1.807) is 60.7 Å². The van der Waals surface area contributed by atoms with Crippen molar-refractivity contribution in [2.24, 2.45) is 0 Å². The molecule has 0 aliphatic rings. The van der Waals surface area contributed by atoms with Crippen LogP contribution >= 0.6 is 0 Å². The van der Waals surface area contributed by atoms with Crippen LogP contribution in [0.15, 0.2) is 82.1 Å². The first-order valence-electron chi connectivity index (χ1n) is 9.42. The van der Waals surface area contributed by atoms with Gasteiger partial charge in [0.2, 0.25) is 5.89 Å². The first-order chi connectivity index (χ1) is 15.1. The average Bonchev–Trinajstić information content (AvgIpc) is 3.40. The van der Waals surface area contributed by atoms with E-state index in [2.05, 4.69) is 20.3 Å². The van der Waals surface area contributed by atoms with Crippen molar-refractivity contribution in [2.75, 3.05) is 5.32 Å². The normalized spacial score (nSPS) is 11.0. The molecular weight excluding hydrogens is 399 g/mol. The molecule has 5 aromatic rings. The van der Waals surface area contributed by atoms with E-state index in [4.69, 9.17) is 4.42 Å². The highest BCUT2D eigenvalue weighted by Gasteiger charge is 2.18. The molecule has 7 nitrogen and oxygen atoms in total. The van der Waals surface area contributed by atoms with Gasteiger partial charge >= 0.3 is 5.69 Å². The summed E-state index contributed by atoms with van der Waals surface area (Å²) in [6, 6.07) is 18.1. The summed E-state index contributed by atoms with van der Waals surface area (Å²) < 4.78 is 19.8. The molecule has 5 rings (SSSR count). The van der Waals surface area contributed by atoms with Gasteiger partial charge in [-0.05, 0) is 42.5 Å². The lowest BCUT2D eigenvalue weighted by atomic mass is 10.1. The number of nitrogens with one attached hydrogen (secondary N) is 3. The number of rotatable bonds is 4. The van der Waals surface area contributed by atoms with Crippen molar-refractivity contribution in [3.8, 4) is 22.8 Å². The van der Waals surface area contributed by atoms with Crippen LogP contribution < -0.4 is 11.0 Å². The van der Waals surface area contributed by atoms with Gasteiger partial charge in [-0.3, -0.25) is 4.79 Å². The van der Waals surface area contributed by atoms with Crippen LogP contribution in [-0.4, -0.2) is 20.9 Å². The molecule has 2 aromatic heterocycles. The van der Waals surface area contributed by atoms with E-state index < -0.39 is 5.82 Å². The summed E-state index contributed by atoms with van der Waals surface area (Å²) in [5.41, 5.74) is 2.52. The zero-order valence-electron chi connectivity index (χ0n) is 16.0. The number of carbonyl (C=O) groups is 1. The Morgan fingerprint density at radius 3 is 2.52 bits per heavy atom. The van der Waals surface area contributed by atoms with Crippen LogP contribution in [0.2, 0.25) is 0 Å². The zero-order valence-corrected chi connectivity index (χ0v) is 16.0. The van der Waals surface area contributed by atoms with Gasteiger partial charge in [0.15, 0.2) is 5.76 Å². The third-order valence-corrected chi connectivity index (χ3v) is 4.82. The quantitative estimate of drug-likeness (QED) is 0.401. The second kappa shape index (κ2) is 7.42. The smallest absolute Gasteiger partial charge is 0.323 e. The number of oxazole rings is 1. The maximum Gasteiger partial charge on any atom is 0.323 e. The lowest BCUT2D eigenvalue weighted by Gasteiger charge is -2.08. The molecule has 0 aliphatic heterocycles. The number of nitrogens with zero attached hydrogens (tertiary/aromatic N) is 1. The number of halogens is 1. The van der Waals surface area contributed by atoms with E-state index in [0.717, 1.165) is 0 Å². The number of fused-ring (bicyclic) bond motifs is 1. The number of amides is 1. The van der Waals surface area contributed by atoms with Gasteiger partial charge in [-0.2, -0.15) is 0 Å². The van der Waals surface area contributed by atoms with Gasteiger partial charge in [0.05, 0.1) is 28.4 Å². The van der Waals surface area contributed by atoms with Crippen LogP contribution in [-0.2, 0) is 0 Å². The molecule has 0 spiro atoms. The van der Waals surface area contributed by atoms with Crippen molar-refractivity contribution in [3.63, 3.8) is 0 Å². The number of benzene rings is 3. The van der Waals surface area contributed by atoms with Crippen molar-refractivity contribution in [2.45, 2.75) is 0 Å². The zero-order chi connectivity index (χ0) is 21.4. The standard InChI is InChI=1S/C23H15FN4O3/c24-17-8-4-3-7-16(17)20-12-25-22(31-20)15-6-2-1-5-14(15)21(29)26-13-9-10-18-19(11-13)28-23(30)27-18/h1-12H,(H,26,29)(H2,27,28,30). The van der Waals surface area contributed by atoms with Crippen LogP contribution in [0.5, 0.6) is 0 Å². The molecule has 3 N–H and O–H groups in total. The van der Waals surface area contributed by atoms with E-state index >= 15 is 0 Å². The number of anilines is 1. The highest BCUT2D eigenvalue weighted by Crippen LogP contribution is 2.30. The largest absolute Gasteiger partial charge is 0.436 e. The molecule has 3 aromatic carbocycles. The fraction of sp³-hybridized carbons (Fsp3) is 0. The van der Waals surface area contributed by atoms with Gasteiger partial charge in [0, 0.05) is 11.3 Å². The van der Waals surface area contributed by atoms with Gasteiger partial charge in [-0.1, -0.05) is 24.3 Å². The number of H-pyrrole nitrogens is 2. The lowest BCUT2D eigenvalue weighted by molar-refractivity contribution is 0.102. The summed E-state index contributed by atoms with van der Waals surface area (Å²) in [6.07, 6.45) is 1.43. The Kier molecular flexibility index (Phi) is 4.44. The fourth-order valence-corrected chi connectivity index (χ4v) is 3.36. The van der Waals surface area contributed by atoms with E-state index in [-0.39, 0.29) is 28.8 Å². The molecule has 0 saturated carbocycles. The van der Waals surface area contributed by atoms with Crippen molar-refractivity contribution in [3.05, 3.63) is 94.8 Å². The first-order valence-corrected chi connectivity index (χ1v) is 9.42.